The van der Waals surface area contributed by atoms with E-state index in [2.05, 4.69) is 62.7 Å². The van der Waals surface area contributed by atoms with Gasteiger partial charge in [0, 0.05) is 63.9 Å². The molecule has 4 rings (SSSR count). The van der Waals surface area contributed by atoms with Crippen LogP contribution in [0.5, 0.6) is 0 Å². The normalized spacial score (nSPS) is 18.2. The molecule has 1 amide bonds. The minimum atomic E-state index is 0.230. The van der Waals surface area contributed by atoms with Crippen molar-refractivity contribution in [3.8, 4) is 0 Å². The molecular formula is C23H32N4O. The Morgan fingerprint density at radius 1 is 0.929 bits per heavy atom. The highest BCUT2D eigenvalue weighted by molar-refractivity contribution is 5.96. The molecule has 0 spiro atoms. The van der Waals surface area contributed by atoms with E-state index in [0.29, 0.717) is 0 Å². The summed E-state index contributed by atoms with van der Waals surface area (Å²) < 4.78 is 2.14. The summed E-state index contributed by atoms with van der Waals surface area (Å²) in [6, 6.07) is 10.7. The molecule has 2 aromatic rings. The van der Waals surface area contributed by atoms with E-state index in [-0.39, 0.29) is 5.91 Å². The molecule has 1 fully saturated rings. The molecule has 2 aliphatic rings. The Bertz CT molecular complexity index is 777. The zero-order valence-corrected chi connectivity index (χ0v) is 17.0. The Kier molecular flexibility index (Phi) is 6.01. The van der Waals surface area contributed by atoms with Crippen LogP contribution in [-0.2, 0) is 13.0 Å². The summed E-state index contributed by atoms with van der Waals surface area (Å²) in [5, 5.41) is 0. The molecule has 5 heteroatoms. The van der Waals surface area contributed by atoms with Crippen molar-refractivity contribution in [3.05, 3.63) is 53.9 Å². The van der Waals surface area contributed by atoms with Gasteiger partial charge in [-0.15, -0.1) is 0 Å². The van der Waals surface area contributed by atoms with Gasteiger partial charge in [-0.05, 0) is 50.4 Å². The zero-order valence-electron chi connectivity index (χ0n) is 17.0. The summed E-state index contributed by atoms with van der Waals surface area (Å²) in [5.74, 6) is 0.230. The minimum absolute atomic E-state index is 0.230. The number of fused-ring (bicyclic) bond motifs is 1. The fourth-order valence-electron chi connectivity index (χ4n) is 4.43. The number of amides is 1. The molecule has 150 valence electrons. The summed E-state index contributed by atoms with van der Waals surface area (Å²) in [4.78, 5) is 20.0. The molecule has 0 atom stereocenters. The van der Waals surface area contributed by atoms with Gasteiger partial charge in [0.25, 0.3) is 5.91 Å². The number of hydrogen-bond donors (Lipinski definition) is 0. The van der Waals surface area contributed by atoms with Crippen molar-refractivity contribution in [2.24, 2.45) is 0 Å². The molecule has 1 aromatic carbocycles. The highest BCUT2D eigenvalue weighted by atomic mass is 16.2. The summed E-state index contributed by atoms with van der Waals surface area (Å²) in [6.45, 7) is 10.3. The second kappa shape index (κ2) is 8.82. The summed E-state index contributed by atoms with van der Waals surface area (Å²) >= 11 is 0. The molecule has 0 N–H and O–H groups in total. The predicted octanol–water partition coefficient (Wildman–Crippen LogP) is 3.11. The highest BCUT2D eigenvalue weighted by Crippen LogP contribution is 2.20. The first-order valence-corrected chi connectivity index (χ1v) is 10.7. The van der Waals surface area contributed by atoms with Crippen LogP contribution < -0.4 is 4.90 Å². The second-order valence-electron chi connectivity index (χ2n) is 7.94. The quantitative estimate of drug-likeness (QED) is 0.772. The monoisotopic (exact) mass is 380 g/mol. The van der Waals surface area contributed by atoms with E-state index < -0.39 is 0 Å². The minimum Gasteiger partial charge on any atom is -0.369 e. The number of piperazine rings is 1. The Morgan fingerprint density at radius 3 is 2.46 bits per heavy atom. The van der Waals surface area contributed by atoms with E-state index in [1.165, 1.54) is 11.3 Å². The predicted molar refractivity (Wildman–Crippen MR) is 114 cm³/mol. The number of carbonyl (C=O) groups excluding carboxylic acids is 1. The maximum Gasteiger partial charge on any atom is 0.255 e. The van der Waals surface area contributed by atoms with Gasteiger partial charge in [0.15, 0.2) is 0 Å². The lowest BCUT2D eigenvalue weighted by Crippen LogP contribution is -2.47. The van der Waals surface area contributed by atoms with Crippen molar-refractivity contribution in [2.45, 2.75) is 32.7 Å². The van der Waals surface area contributed by atoms with Crippen LogP contribution >= 0.6 is 0 Å². The fraction of sp³-hybridized carbons (Fsp3) is 0.522. The van der Waals surface area contributed by atoms with E-state index in [9.17, 15) is 4.79 Å². The van der Waals surface area contributed by atoms with Crippen LogP contribution in [0.3, 0.4) is 0 Å². The third kappa shape index (κ3) is 4.25. The molecular weight excluding hydrogens is 348 g/mol. The van der Waals surface area contributed by atoms with Gasteiger partial charge in [-0.2, -0.15) is 0 Å². The number of rotatable bonds is 6. The van der Waals surface area contributed by atoms with Crippen LogP contribution in [0.1, 0.15) is 35.7 Å². The largest absolute Gasteiger partial charge is 0.369 e. The third-order valence-corrected chi connectivity index (χ3v) is 6.12. The molecule has 2 aliphatic heterocycles. The SMILES string of the molecule is CCn1cc2c(c1)C(=O)N(CCCN1CCN(c3ccccc3)CC1)CCC2. The van der Waals surface area contributed by atoms with Gasteiger partial charge in [0.1, 0.15) is 0 Å². The van der Waals surface area contributed by atoms with Crippen LogP contribution in [0.25, 0.3) is 0 Å². The van der Waals surface area contributed by atoms with Crippen molar-refractivity contribution < 1.29 is 4.79 Å². The van der Waals surface area contributed by atoms with Gasteiger partial charge in [-0.3, -0.25) is 9.69 Å². The summed E-state index contributed by atoms with van der Waals surface area (Å²) in [5.41, 5.74) is 3.48. The highest BCUT2D eigenvalue weighted by Gasteiger charge is 2.24. The number of aromatic nitrogens is 1. The molecule has 1 aromatic heterocycles. The summed E-state index contributed by atoms with van der Waals surface area (Å²) in [6.07, 6.45) is 7.34. The van der Waals surface area contributed by atoms with Crippen molar-refractivity contribution >= 4 is 11.6 Å². The number of carbonyl (C=O) groups is 1. The number of benzene rings is 1. The Hall–Kier alpha value is -2.27. The first kappa shape index (κ1) is 19.1. The topological polar surface area (TPSA) is 31.7 Å². The number of hydrogen-bond acceptors (Lipinski definition) is 3. The molecule has 1 saturated heterocycles. The molecule has 0 saturated carbocycles. The Balaban J connectivity index is 1.25. The van der Waals surface area contributed by atoms with Gasteiger partial charge in [0.05, 0.1) is 5.56 Å². The average Bonchev–Trinajstić information content (AvgIpc) is 3.10. The van der Waals surface area contributed by atoms with Gasteiger partial charge >= 0.3 is 0 Å². The van der Waals surface area contributed by atoms with Gasteiger partial charge in [0.2, 0.25) is 0 Å². The molecule has 28 heavy (non-hydrogen) atoms. The lowest BCUT2D eigenvalue weighted by atomic mass is 10.1. The molecule has 3 heterocycles. The number of anilines is 1. The number of aryl methyl sites for hydroxylation is 2. The third-order valence-electron chi connectivity index (χ3n) is 6.12. The number of nitrogens with zero attached hydrogens (tertiary/aromatic N) is 4. The second-order valence-corrected chi connectivity index (χ2v) is 7.94. The fourth-order valence-corrected chi connectivity index (χ4v) is 4.43. The first-order chi connectivity index (χ1) is 13.7. The van der Waals surface area contributed by atoms with E-state index in [1.807, 2.05) is 6.20 Å². The van der Waals surface area contributed by atoms with E-state index in [0.717, 1.165) is 77.2 Å². The lowest BCUT2D eigenvalue weighted by molar-refractivity contribution is 0.0752. The smallest absolute Gasteiger partial charge is 0.255 e. The zero-order chi connectivity index (χ0) is 19.3. The molecule has 0 radical (unpaired) electrons. The van der Waals surface area contributed by atoms with Crippen molar-refractivity contribution in [1.82, 2.24) is 14.4 Å². The first-order valence-electron chi connectivity index (χ1n) is 10.7. The summed E-state index contributed by atoms with van der Waals surface area (Å²) in [7, 11) is 0. The van der Waals surface area contributed by atoms with Gasteiger partial charge in [-0.25, -0.2) is 0 Å². The molecule has 0 bridgehead atoms. The molecule has 0 aliphatic carbocycles. The van der Waals surface area contributed by atoms with Gasteiger partial charge in [-0.1, -0.05) is 18.2 Å². The van der Waals surface area contributed by atoms with Crippen LogP contribution in [0.15, 0.2) is 42.7 Å². The van der Waals surface area contributed by atoms with Crippen LogP contribution in [0.2, 0.25) is 0 Å². The van der Waals surface area contributed by atoms with Gasteiger partial charge < -0.3 is 14.4 Å². The van der Waals surface area contributed by atoms with Crippen LogP contribution in [0, 0.1) is 0 Å². The molecule has 5 nitrogen and oxygen atoms in total. The van der Waals surface area contributed by atoms with E-state index >= 15 is 0 Å². The van der Waals surface area contributed by atoms with Crippen molar-refractivity contribution in [3.63, 3.8) is 0 Å². The number of para-hydroxylation sites is 1. The maximum absolute atomic E-state index is 12.9. The average molecular weight is 381 g/mol. The van der Waals surface area contributed by atoms with E-state index in [1.54, 1.807) is 0 Å². The van der Waals surface area contributed by atoms with Crippen LogP contribution in [-0.4, -0.2) is 66.1 Å². The Labute approximate surface area is 168 Å². The molecule has 0 unspecified atom stereocenters. The maximum atomic E-state index is 12.9. The Morgan fingerprint density at radius 2 is 1.71 bits per heavy atom. The van der Waals surface area contributed by atoms with Crippen LogP contribution in [0.4, 0.5) is 5.69 Å². The van der Waals surface area contributed by atoms with Crippen molar-refractivity contribution in [1.29, 1.82) is 0 Å². The van der Waals surface area contributed by atoms with E-state index in [4.69, 9.17) is 0 Å². The van der Waals surface area contributed by atoms with Crippen molar-refractivity contribution in [2.75, 3.05) is 50.7 Å². The lowest BCUT2D eigenvalue weighted by Gasteiger charge is -2.36. The standard InChI is InChI=1S/C23H32N4O/c1-2-24-18-20-8-6-12-27(23(28)22(20)19-24)13-7-11-25-14-16-26(17-15-25)21-9-4-3-5-10-21/h3-5,9-10,18-19H,2,6-8,11-17H2,1H3.